The van der Waals surface area contributed by atoms with Crippen LogP contribution < -0.4 is 4.74 Å². The molecule has 0 aromatic heterocycles. The lowest BCUT2D eigenvalue weighted by Gasteiger charge is -2.15. The summed E-state index contributed by atoms with van der Waals surface area (Å²) in [6.07, 6.45) is 21.0. The molecule has 0 bridgehead atoms. The Hall–Kier alpha value is -2.37. The second kappa shape index (κ2) is 26.3. The zero-order valence-electron chi connectivity index (χ0n) is 27.1. The molecule has 0 amide bonds. The molecule has 0 saturated carbocycles. The van der Waals surface area contributed by atoms with Crippen LogP contribution in [0.5, 0.6) is 5.75 Å². The lowest BCUT2D eigenvalue weighted by molar-refractivity contribution is -0.144. The third kappa shape index (κ3) is 21.4. The number of rotatable bonds is 27. The second-order valence-electron chi connectivity index (χ2n) is 11.7. The molecule has 0 radical (unpaired) electrons. The molecule has 0 heterocycles. The minimum Gasteiger partial charge on any atom is -0.466 e. The van der Waals surface area contributed by atoms with Crippen molar-refractivity contribution in [3.63, 3.8) is 0 Å². The van der Waals surface area contributed by atoms with E-state index in [1.54, 1.807) is 12.1 Å². The highest BCUT2D eigenvalue weighted by Gasteiger charge is 2.11. The van der Waals surface area contributed by atoms with Crippen LogP contribution in [-0.4, -0.2) is 31.1 Å². The Balaban J connectivity index is 2.07. The van der Waals surface area contributed by atoms with E-state index in [0.717, 1.165) is 63.4 Å². The van der Waals surface area contributed by atoms with Gasteiger partial charge in [-0.2, -0.15) is 0 Å². The number of benzene rings is 1. The molecule has 42 heavy (non-hydrogen) atoms. The van der Waals surface area contributed by atoms with E-state index in [9.17, 15) is 14.4 Å². The van der Waals surface area contributed by atoms with Crippen molar-refractivity contribution in [2.45, 2.75) is 156 Å². The van der Waals surface area contributed by atoms with Crippen LogP contribution >= 0.6 is 0 Å². The van der Waals surface area contributed by atoms with Gasteiger partial charge in [-0.05, 0) is 49.3 Å². The molecule has 0 aliphatic carbocycles. The predicted molar refractivity (Wildman–Crippen MR) is 171 cm³/mol. The van der Waals surface area contributed by atoms with Crippen molar-refractivity contribution in [1.82, 2.24) is 0 Å². The van der Waals surface area contributed by atoms with Crippen LogP contribution in [0.1, 0.15) is 155 Å². The monoisotopic (exact) mass is 588 g/mol. The fourth-order valence-electron chi connectivity index (χ4n) is 5.14. The maximum Gasteiger partial charge on any atom is 0.311 e. The van der Waals surface area contributed by atoms with E-state index >= 15 is 0 Å². The third-order valence-corrected chi connectivity index (χ3v) is 7.73. The number of esters is 3. The topological polar surface area (TPSA) is 78.9 Å². The van der Waals surface area contributed by atoms with Crippen LogP contribution in [-0.2, 0) is 30.3 Å². The highest BCUT2D eigenvalue weighted by atomic mass is 16.5. The number of hydrogen-bond acceptors (Lipinski definition) is 6. The molecule has 0 saturated heterocycles. The van der Waals surface area contributed by atoms with Gasteiger partial charge in [0.1, 0.15) is 5.75 Å². The molecule has 1 unspecified atom stereocenters. The number of carbonyl (C=O) groups is 3. The summed E-state index contributed by atoms with van der Waals surface area (Å²) < 4.78 is 16.3. The molecular weight excluding hydrogens is 528 g/mol. The van der Waals surface area contributed by atoms with Crippen LogP contribution in [0.3, 0.4) is 0 Å². The average Bonchev–Trinajstić information content (AvgIpc) is 2.97. The normalized spacial score (nSPS) is 11.7. The SMILES string of the molecule is CCCCCCCCCOC(=O)CCCCCCCC(=O)Oc1ccc(CC(=O)OCCC(CCC)CCCC)cc1. The molecule has 6 heteroatoms. The Bertz CT molecular complexity index is 819. The molecule has 0 N–H and O–H groups in total. The van der Waals surface area contributed by atoms with Crippen molar-refractivity contribution >= 4 is 17.9 Å². The summed E-state index contributed by atoms with van der Waals surface area (Å²) in [4.78, 5) is 36.3. The molecule has 0 spiro atoms. The first-order valence-corrected chi connectivity index (χ1v) is 17.1. The molecule has 6 nitrogen and oxygen atoms in total. The van der Waals surface area contributed by atoms with Gasteiger partial charge in [0.2, 0.25) is 0 Å². The highest BCUT2D eigenvalue weighted by Crippen LogP contribution is 2.19. The minimum atomic E-state index is -0.249. The van der Waals surface area contributed by atoms with Crippen molar-refractivity contribution in [3.05, 3.63) is 29.8 Å². The van der Waals surface area contributed by atoms with Gasteiger partial charge in [-0.15, -0.1) is 0 Å². The van der Waals surface area contributed by atoms with Gasteiger partial charge in [-0.1, -0.05) is 123 Å². The first-order valence-electron chi connectivity index (χ1n) is 17.1. The maximum absolute atomic E-state index is 12.2. The van der Waals surface area contributed by atoms with Crippen LogP contribution in [0, 0.1) is 5.92 Å². The van der Waals surface area contributed by atoms with E-state index in [1.807, 2.05) is 12.1 Å². The van der Waals surface area contributed by atoms with Crippen molar-refractivity contribution in [2.75, 3.05) is 13.2 Å². The fraction of sp³-hybridized carbons (Fsp3) is 0.750. The van der Waals surface area contributed by atoms with E-state index in [0.29, 0.717) is 37.7 Å². The highest BCUT2D eigenvalue weighted by molar-refractivity contribution is 5.73. The van der Waals surface area contributed by atoms with Gasteiger partial charge in [0.05, 0.1) is 19.6 Å². The van der Waals surface area contributed by atoms with Gasteiger partial charge >= 0.3 is 17.9 Å². The van der Waals surface area contributed by atoms with Gasteiger partial charge in [-0.3, -0.25) is 14.4 Å². The Morgan fingerprint density at radius 1 is 0.548 bits per heavy atom. The summed E-state index contributed by atoms with van der Waals surface area (Å²) in [6.45, 7) is 7.66. The summed E-state index contributed by atoms with van der Waals surface area (Å²) in [7, 11) is 0. The van der Waals surface area contributed by atoms with Gasteiger partial charge in [0.15, 0.2) is 0 Å². The summed E-state index contributed by atoms with van der Waals surface area (Å²) >= 11 is 0. The Labute approximate surface area is 256 Å². The van der Waals surface area contributed by atoms with Crippen molar-refractivity contribution < 1.29 is 28.6 Å². The quantitative estimate of drug-likeness (QED) is 0.0578. The fourth-order valence-corrected chi connectivity index (χ4v) is 5.14. The van der Waals surface area contributed by atoms with E-state index in [-0.39, 0.29) is 24.3 Å². The number of unbranched alkanes of at least 4 members (excludes halogenated alkanes) is 11. The van der Waals surface area contributed by atoms with Crippen LogP contribution in [0.25, 0.3) is 0 Å². The zero-order chi connectivity index (χ0) is 30.7. The molecule has 1 aromatic rings. The van der Waals surface area contributed by atoms with Gasteiger partial charge in [0, 0.05) is 12.8 Å². The van der Waals surface area contributed by atoms with Crippen molar-refractivity contribution in [2.24, 2.45) is 5.92 Å². The van der Waals surface area contributed by atoms with Gasteiger partial charge in [0.25, 0.3) is 0 Å². The van der Waals surface area contributed by atoms with E-state index in [1.165, 1.54) is 57.8 Å². The molecule has 1 rings (SSSR count). The molecule has 0 fully saturated rings. The average molecular weight is 589 g/mol. The lowest BCUT2D eigenvalue weighted by atomic mass is 9.94. The molecule has 0 aliphatic rings. The third-order valence-electron chi connectivity index (χ3n) is 7.73. The number of ether oxygens (including phenoxy) is 3. The van der Waals surface area contributed by atoms with Crippen LogP contribution in [0.2, 0.25) is 0 Å². The smallest absolute Gasteiger partial charge is 0.311 e. The van der Waals surface area contributed by atoms with Crippen molar-refractivity contribution in [3.8, 4) is 5.75 Å². The van der Waals surface area contributed by atoms with E-state index in [2.05, 4.69) is 20.8 Å². The van der Waals surface area contributed by atoms with Gasteiger partial charge < -0.3 is 14.2 Å². The summed E-state index contributed by atoms with van der Waals surface area (Å²) in [6, 6.07) is 7.08. The molecule has 1 aromatic carbocycles. The predicted octanol–water partition coefficient (Wildman–Crippen LogP) is 9.70. The molecule has 1 atom stereocenters. The first kappa shape index (κ1) is 37.7. The number of hydrogen-bond donors (Lipinski definition) is 0. The van der Waals surface area contributed by atoms with E-state index < -0.39 is 0 Å². The first-order chi connectivity index (χ1) is 20.5. The summed E-state index contributed by atoms with van der Waals surface area (Å²) in [5, 5.41) is 0. The standard InChI is InChI=1S/C36H60O6/c1-4-7-9-10-11-15-18-28-40-34(37)21-16-13-12-14-17-22-35(38)42-33-25-23-32(24-26-33)30-36(39)41-29-27-31(19-6-3)20-8-5-2/h23-26,31H,4-22,27-30H2,1-3H3. The minimum absolute atomic E-state index is 0.0918. The Morgan fingerprint density at radius 3 is 1.76 bits per heavy atom. The summed E-state index contributed by atoms with van der Waals surface area (Å²) in [5.74, 6) is 0.569. The van der Waals surface area contributed by atoms with Crippen molar-refractivity contribution in [1.29, 1.82) is 0 Å². The molecular formula is C36H60O6. The lowest BCUT2D eigenvalue weighted by Crippen LogP contribution is -2.12. The summed E-state index contributed by atoms with van der Waals surface area (Å²) in [5.41, 5.74) is 0.845. The Morgan fingerprint density at radius 2 is 1.12 bits per heavy atom. The molecule has 240 valence electrons. The van der Waals surface area contributed by atoms with Gasteiger partial charge in [-0.25, -0.2) is 0 Å². The van der Waals surface area contributed by atoms with Crippen LogP contribution in [0.4, 0.5) is 0 Å². The largest absolute Gasteiger partial charge is 0.466 e. The van der Waals surface area contributed by atoms with E-state index in [4.69, 9.17) is 14.2 Å². The van der Waals surface area contributed by atoms with Crippen LogP contribution in [0.15, 0.2) is 24.3 Å². The zero-order valence-corrected chi connectivity index (χ0v) is 27.1. The Kier molecular flexibility index (Phi) is 23.6. The second-order valence-corrected chi connectivity index (χ2v) is 11.7. The molecule has 0 aliphatic heterocycles. The maximum atomic E-state index is 12.2. The number of carbonyl (C=O) groups excluding carboxylic acids is 3.